The van der Waals surface area contributed by atoms with Gasteiger partial charge in [-0.25, -0.2) is 8.96 Å². The molecule has 0 bridgehead atoms. The normalized spacial score (nSPS) is 23.1. The number of nitrogens with zero attached hydrogens (tertiary/aromatic N) is 5. The maximum absolute atomic E-state index is 12.9. The second kappa shape index (κ2) is 8.36. The van der Waals surface area contributed by atoms with Gasteiger partial charge < -0.3 is 30.9 Å². The van der Waals surface area contributed by atoms with Crippen molar-refractivity contribution >= 4 is 34.7 Å². The minimum atomic E-state index is -1.40. The molecule has 0 aliphatic carbocycles. The van der Waals surface area contributed by atoms with Gasteiger partial charge in [-0.3, -0.25) is 19.5 Å². The largest absolute Gasteiger partial charge is 0.508 e. The molecular weight excluding hydrogens is 448 g/mol. The fraction of sp³-hybridized carbons (Fsp3) is 0.353. The Morgan fingerprint density at radius 3 is 2.72 bits per heavy atom. The van der Waals surface area contributed by atoms with Gasteiger partial charge in [-0.2, -0.15) is 4.98 Å². The summed E-state index contributed by atoms with van der Waals surface area (Å²) in [5.41, 5.74) is 5.18. The molecule has 1 aliphatic rings. The molecule has 1 aliphatic heterocycles. The van der Waals surface area contributed by atoms with E-state index in [0.29, 0.717) is 0 Å². The number of nitro groups is 1. The average Bonchev–Trinajstić information content (AvgIpc) is 3.29. The number of nitrogen functional groups attached to an aromatic ring is 1. The summed E-state index contributed by atoms with van der Waals surface area (Å²) in [6.07, 6.45) is -3.73. The van der Waals surface area contributed by atoms with Crippen LogP contribution in [0.2, 0.25) is 0 Å². The van der Waals surface area contributed by atoms with Crippen molar-refractivity contribution in [3.05, 3.63) is 50.6 Å². The Bertz CT molecular complexity index is 1250. The van der Waals surface area contributed by atoms with E-state index < -0.39 is 41.6 Å². The maximum atomic E-state index is 12.9. The Balaban J connectivity index is 1.65. The predicted octanol–water partition coefficient (Wildman–Crippen LogP) is -0.903. The maximum Gasteiger partial charge on any atom is 0.293 e. The molecule has 4 atom stereocenters. The van der Waals surface area contributed by atoms with E-state index in [1.165, 1.54) is 23.0 Å². The van der Waals surface area contributed by atoms with Gasteiger partial charge in [0.05, 0.1) is 17.9 Å². The van der Waals surface area contributed by atoms with Gasteiger partial charge in [-0.15, -0.1) is 0 Å². The number of aliphatic hydroxyl groups excluding tert-OH is 3. The van der Waals surface area contributed by atoms with E-state index in [0.717, 1.165) is 22.0 Å². The number of hydrogen-bond acceptors (Lipinski definition) is 12. The summed E-state index contributed by atoms with van der Waals surface area (Å²) in [6, 6.07) is 3.53. The number of phenols is 1. The van der Waals surface area contributed by atoms with E-state index in [4.69, 9.17) is 10.5 Å². The zero-order chi connectivity index (χ0) is 23.2. The van der Waals surface area contributed by atoms with Crippen LogP contribution in [0.4, 0.5) is 11.6 Å². The summed E-state index contributed by atoms with van der Waals surface area (Å²) in [4.78, 5) is 31.4. The van der Waals surface area contributed by atoms with Crippen molar-refractivity contribution in [2.45, 2.75) is 30.3 Å². The quantitative estimate of drug-likeness (QED) is 0.221. The molecule has 0 radical (unpaired) electrons. The van der Waals surface area contributed by atoms with Crippen LogP contribution in [0, 0.1) is 10.1 Å². The van der Waals surface area contributed by atoms with Crippen molar-refractivity contribution in [3.63, 3.8) is 0 Å². The molecule has 6 N–H and O–H groups in total. The number of imidazole rings is 1. The molecule has 1 fully saturated rings. The molecule has 3 aromatic rings. The summed E-state index contributed by atoms with van der Waals surface area (Å²) in [7, 11) is 0. The molecule has 32 heavy (non-hydrogen) atoms. The summed E-state index contributed by atoms with van der Waals surface area (Å²) in [5, 5.41) is 50.4. The molecule has 0 saturated carbocycles. The van der Waals surface area contributed by atoms with E-state index in [-0.39, 0.29) is 39.9 Å². The number of aromatic nitrogens is 4. The van der Waals surface area contributed by atoms with Crippen molar-refractivity contribution in [1.82, 2.24) is 18.5 Å². The number of rotatable bonds is 6. The molecule has 4 rings (SSSR count). The Hall–Kier alpha value is -3.24. The van der Waals surface area contributed by atoms with Crippen LogP contribution in [0.3, 0.4) is 0 Å². The van der Waals surface area contributed by atoms with Crippen LogP contribution in [-0.2, 0) is 10.5 Å². The van der Waals surface area contributed by atoms with Crippen molar-refractivity contribution in [1.29, 1.82) is 0 Å². The second-order valence-corrected chi connectivity index (χ2v) is 7.88. The predicted molar refractivity (Wildman–Crippen MR) is 111 cm³/mol. The van der Waals surface area contributed by atoms with Crippen LogP contribution in [-0.4, -0.2) is 68.8 Å². The van der Waals surface area contributed by atoms with Gasteiger partial charge in [0, 0.05) is 23.4 Å². The van der Waals surface area contributed by atoms with Crippen molar-refractivity contribution in [2.24, 2.45) is 0 Å². The number of aromatic hydroxyl groups is 1. The molecule has 15 heteroatoms. The van der Waals surface area contributed by atoms with E-state index in [1.54, 1.807) is 0 Å². The van der Waals surface area contributed by atoms with Gasteiger partial charge in [0.15, 0.2) is 17.4 Å². The molecule has 0 amide bonds. The monoisotopic (exact) mass is 466 g/mol. The Kier molecular flexibility index (Phi) is 5.74. The number of aliphatic hydroxyl groups is 3. The molecule has 14 nitrogen and oxygen atoms in total. The molecule has 1 saturated heterocycles. The van der Waals surface area contributed by atoms with Crippen molar-refractivity contribution in [2.75, 3.05) is 12.3 Å². The number of non-ortho nitro benzene ring substituents is 1. The number of phenolic OH excluding ortho intramolecular Hbond substituents is 1. The summed E-state index contributed by atoms with van der Waals surface area (Å²) < 4.78 is 7.70. The number of ether oxygens (including phenoxy) is 1. The lowest BCUT2D eigenvalue weighted by Gasteiger charge is -2.17. The highest BCUT2D eigenvalue weighted by atomic mass is 32.2. The van der Waals surface area contributed by atoms with E-state index in [9.17, 15) is 35.3 Å². The minimum Gasteiger partial charge on any atom is -0.508 e. The summed E-state index contributed by atoms with van der Waals surface area (Å²) >= 11 is 0.854. The lowest BCUT2D eigenvalue weighted by molar-refractivity contribution is -0.384. The minimum absolute atomic E-state index is 0.00242. The number of nitrogens with two attached hydrogens (primary N) is 1. The van der Waals surface area contributed by atoms with Crippen LogP contribution >= 0.6 is 11.9 Å². The first-order valence-corrected chi connectivity index (χ1v) is 10.1. The first-order valence-electron chi connectivity index (χ1n) is 9.20. The van der Waals surface area contributed by atoms with Gasteiger partial charge in [0.2, 0.25) is 5.95 Å². The molecule has 3 heterocycles. The molecule has 170 valence electrons. The molecular formula is C17H18N6O8S. The first-order chi connectivity index (χ1) is 15.2. The average molecular weight is 466 g/mol. The van der Waals surface area contributed by atoms with E-state index >= 15 is 0 Å². The fourth-order valence-electron chi connectivity index (χ4n) is 3.33. The highest BCUT2D eigenvalue weighted by Gasteiger charge is 2.44. The fourth-order valence-corrected chi connectivity index (χ4v) is 4.20. The van der Waals surface area contributed by atoms with Crippen LogP contribution in [0.1, 0.15) is 11.8 Å². The Labute approximate surface area is 182 Å². The van der Waals surface area contributed by atoms with E-state index in [1.807, 2.05) is 0 Å². The molecule has 2 aromatic heterocycles. The number of anilines is 1. The Morgan fingerprint density at radius 2 is 2.06 bits per heavy atom. The lowest BCUT2D eigenvalue weighted by atomic mass is 10.1. The van der Waals surface area contributed by atoms with E-state index in [2.05, 4.69) is 9.97 Å². The van der Waals surface area contributed by atoms with Gasteiger partial charge in [-0.1, -0.05) is 0 Å². The standard InChI is InChI=1S/C17H18N6O8S/c18-17-20-14-11(19-6-21(14)16-13(27)12(26)10(4-24)31-16)15(28)22(17)32-5-7-3-8(23(29)30)1-2-9(7)25/h1-3,6,10,12-13,16,24-27H,4-5H2,(H2,18,20)/t10-,12-,13-,16-/m1/s1. The summed E-state index contributed by atoms with van der Waals surface area (Å²) in [6.45, 7) is -0.523. The van der Waals surface area contributed by atoms with Crippen LogP contribution < -0.4 is 11.3 Å². The van der Waals surface area contributed by atoms with Crippen LogP contribution in [0.5, 0.6) is 5.75 Å². The third-order valence-electron chi connectivity index (χ3n) is 5.00. The third-order valence-corrected chi connectivity index (χ3v) is 6.05. The van der Waals surface area contributed by atoms with Gasteiger partial charge in [0.1, 0.15) is 24.1 Å². The third kappa shape index (κ3) is 3.65. The van der Waals surface area contributed by atoms with Crippen molar-refractivity contribution < 1.29 is 30.1 Å². The number of hydrogen-bond donors (Lipinski definition) is 5. The molecule has 0 spiro atoms. The summed E-state index contributed by atoms with van der Waals surface area (Å²) in [5.74, 6) is -0.441. The smallest absolute Gasteiger partial charge is 0.293 e. The van der Waals surface area contributed by atoms with Crippen molar-refractivity contribution in [3.8, 4) is 5.75 Å². The first kappa shape index (κ1) is 22.0. The van der Waals surface area contributed by atoms with Gasteiger partial charge in [0.25, 0.3) is 11.2 Å². The zero-order valence-corrected chi connectivity index (χ0v) is 17.0. The van der Waals surface area contributed by atoms with Gasteiger partial charge in [-0.05, 0) is 18.0 Å². The Morgan fingerprint density at radius 1 is 1.31 bits per heavy atom. The number of nitro benzene ring substituents is 1. The van der Waals surface area contributed by atoms with Crippen LogP contribution in [0.25, 0.3) is 11.2 Å². The molecule has 1 aromatic carbocycles. The zero-order valence-electron chi connectivity index (χ0n) is 16.2. The number of fused-ring (bicyclic) bond motifs is 1. The second-order valence-electron chi connectivity index (χ2n) is 6.97. The van der Waals surface area contributed by atoms with Crippen LogP contribution in [0.15, 0.2) is 29.3 Å². The lowest BCUT2D eigenvalue weighted by Crippen LogP contribution is -2.33. The van der Waals surface area contributed by atoms with Gasteiger partial charge >= 0.3 is 0 Å². The highest BCUT2D eigenvalue weighted by Crippen LogP contribution is 2.32. The highest BCUT2D eigenvalue weighted by molar-refractivity contribution is 7.97. The number of benzene rings is 1. The SMILES string of the molecule is Nc1nc2c(ncn2[C@@H]2O[C@H](CO)[C@@H](O)[C@H]2O)c(=O)n1SCc1cc([N+](=O)[O-])ccc1O. The molecule has 0 unspecified atom stereocenters. The topological polar surface area (TPSA) is 212 Å².